The van der Waals surface area contributed by atoms with Gasteiger partial charge in [-0.1, -0.05) is 0 Å². The van der Waals surface area contributed by atoms with Crippen LogP contribution >= 0.6 is 0 Å². The molecule has 0 unspecified atom stereocenters. The molecule has 0 atom stereocenters. The number of ether oxygens (including phenoxy) is 1. The highest BCUT2D eigenvalue weighted by Gasteiger charge is 2.06. The van der Waals surface area contributed by atoms with Gasteiger partial charge in [0.1, 0.15) is 12.4 Å². The average Bonchev–Trinajstić information content (AvgIpc) is 2.82. The Bertz CT molecular complexity index is 523. The van der Waals surface area contributed by atoms with Gasteiger partial charge in [-0.3, -0.25) is 0 Å². The van der Waals surface area contributed by atoms with Crippen molar-refractivity contribution in [3.8, 4) is 5.82 Å². The summed E-state index contributed by atoms with van der Waals surface area (Å²) in [7, 11) is 1.82. The van der Waals surface area contributed by atoms with Gasteiger partial charge in [0, 0.05) is 25.9 Å². The van der Waals surface area contributed by atoms with E-state index in [0.717, 1.165) is 17.3 Å². The normalized spacial score (nSPS) is 10.6. The zero-order valence-electron chi connectivity index (χ0n) is 10.8. The van der Waals surface area contributed by atoms with E-state index in [9.17, 15) is 0 Å². The molecule has 0 aliphatic carbocycles. The van der Waals surface area contributed by atoms with Crippen LogP contribution in [0.2, 0.25) is 0 Å². The van der Waals surface area contributed by atoms with Crippen molar-refractivity contribution in [2.24, 2.45) is 0 Å². The quantitative estimate of drug-likeness (QED) is 0.868. The van der Waals surface area contributed by atoms with E-state index >= 15 is 0 Å². The molecule has 2 aromatic rings. The van der Waals surface area contributed by atoms with Crippen molar-refractivity contribution in [1.82, 2.24) is 19.7 Å². The van der Waals surface area contributed by atoms with Crippen molar-refractivity contribution in [2.45, 2.75) is 20.5 Å². The summed E-state index contributed by atoms with van der Waals surface area (Å²) >= 11 is 0. The Morgan fingerprint density at radius 2 is 2.22 bits per heavy atom. The first-order valence-electron chi connectivity index (χ1n) is 5.89. The second kappa shape index (κ2) is 5.59. The lowest BCUT2D eigenvalue weighted by atomic mass is 10.5. The molecule has 18 heavy (non-hydrogen) atoms. The van der Waals surface area contributed by atoms with Crippen molar-refractivity contribution in [3.05, 3.63) is 29.8 Å². The highest BCUT2D eigenvalue weighted by molar-refractivity contribution is 5.40. The minimum atomic E-state index is 0.402. The van der Waals surface area contributed by atoms with Gasteiger partial charge in [0.2, 0.25) is 0 Å². The minimum absolute atomic E-state index is 0.402. The molecule has 6 nitrogen and oxygen atoms in total. The molecule has 0 saturated heterocycles. The van der Waals surface area contributed by atoms with Crippen LogP contribution in [0.3, 0.4) is 0 Å². The molecule has 0 aromatic carbocycles. The van der Waals surface area contributed by atoms with Crippen molar-refractivity contribution >= 4 is 5.82 Å². The Hall–Kier alpha value is -1.95. The molecule has 1 N–H and O–H groups in total. The lowest BCUT2D eigenvalue weighted by Gasteiger charge is -2.07. The molecular formula is C12H17N5O. The summed E-state index contributed by atoms with van der Waals surface area (Å²) in [6, 6.07) is 3.78. The van der Waals surface area contributed by atoms with Gasteiger partial charge >= 0.3 is 0 Å². The highest BCUT2D eigenvalue weighted by Crippen LogP contribution is 2.11. The summed E-state index contributed by atoms with van der Waals surface area (Å²) in [5.41, 5.74) is 0.950. The van der Waals surface area contributed by atoms with Gasteiger partial charge in [-0.2, -0.15) is 5.10 Å². The number of rotatable bonds is 5. The van der Waals surface area contributed by atoms with Gasteiger partial charge in [0.05, 0.1) is 5.69 Å². The first-order valence-corrected chi connectivity index (χ1v) is 5.89. The second-order valence-corrected chi connectivity index (χ2v) is 3.82. The molecule has 0 saturated carbocycles. The molecular weight excluding hydrogens is 230 g/mol. The van der Waals surface area contributed by atoms with E-state index in [2.05, 4.69) is 20.4 Å². The highest BCUT2D eigenvalue weighted by atomic mass is 16.5. The second-order valence-electron chi connectivity index (χ2n) is 3.82. The molecule has 96 valence electrons. The number of anilines is 1. The number of nitrogens with zero attached hydrogens (tertiary/aromatic N) is 4. The zero-order chi connectivity index (χ0) is 13.0. The number of nitrogens with one attached hydrogen (secondary N) is 1. The van der Waals surface area contributed by atoms with Gasteiger partial charge in [-0.25, -0.2) is 14.6 Å². The predicted octanol–water partition coefficient (Wildman–Crippen LogP) is 1.55. The lowest BCUT2D eigenvalue weighted by molar-refractivity contribution is 0.128. The summed E-state index contributed by atoms with van der Waals surface area (Å²) in [5, 5.41) is 7.35. The summed E-state index contributed by atoms with van der Waals surface area (Å²) in [5.74, 6) is 2.13. The first kappa shape index (κ1) is 12.5. The maximum Gasteiger partial charge on any atom is 0.159 e. The van der Waals surface area contributed by atoms with E-state index in [1.54, 1.807) is 4.68 Å². The fraction of sp³-hybridized carbons (Fsp3) is 0.417. The van der Waals surface area contributed by atoms with E-state index < -0.39 is 0 Å². The SMILES string of the molecule is CCOCc1nc(NC)cc(-n2ccc(C)n2)n1. The van der Waals surface area contributed by atoms with Gasteiger partial charge in [0.25, 0.3) is 0 Å². The van der Waals surface area contributed by atoms with Crippen LogP contribution in [0.5, 0.6) is 0 Å². The summed E-state index contributed by atoms with van der Waals surface area (Å²) in [6.45, 7) is 4.93. The predicted molar refractivity (Wildman–Crippen MR) is 68.8 cm³/mol. The van der Waals surface area contributed by atoms with Gasteiger partial charge < -0.3 is 10.1 Å². The topological polar surface area (TPSA) is 64.9 Å². The van der Waals surface area contributed by atoms with Crippen molar-refractivity contribution in [2.75, 3.05) is 19.0 Å². The van der Waals surface area contributed by atoms with Crippen LogP contribution in [0.25, 0.3) is 5.82 Å². The molecule has 2 aromatic heterocycles. The van der Waals surface area contributed by atoms with Crippen LogP contribution in [0.15, 0.2) is 18.3 Å². The Morgan fingerprint density at radius 1 is 1.39 bits per heavy atom. The fourth-order valence-electron chi connectivity index (χ4n) is 1.53. The van der Waals surface area contributed by atoms with Gasteiger partial charge in [0.15, 0.2) is 11.6 Å². The van der Waals surface area contributed by atoms with Crippen molar-refractivity contribution < 1.29 is 4.74 Å². The number of aromatic nitrogens is 4. The Balaban J connectivity index is 2.34. The third-order valence-electron chi connectivity index (χ3n) is 2.41. The molecule has 0 spiro atoms. The number of aryl methyl sites for hydroxylation is 1. The Kier molecular flexibility index (Phi) is 3.88. The van der Waals surface area contributed by atoms with Crippen molar-refractivity contribution in [3.63, 3.8) is 0 Å². The van der Waals surface area contributed by atoms with E-state index in [1.807, 2.05) is 39.2 Å². The molecule has 0 aliphatic heterocycles. The third-order valence-corrected chi connectivity index (χ3v) is 2.41. The molecule has 2 rings (SSSR count). The van der Waals surface area contributed by atoms with Crippen LogP contribution in [0, 0.1) is 6.92 Å². The molecule has 0 radical (unpaired) electrons. The van der Waals surface area contributed by atoms with Crippen LogP contribution < -0.4 is 5.32 Å². The molecule has 0 bridgehead atoms. The number of hydrogen-bond donors (Lipinski definition) is 1. The molecule has 0 aliphatic rings. The summed E-state index contributed by atoms with van der Waals surface area (Å²) < 4.78 is 7.06. The standard InChI is InChI=1S/C12H17N5O/c1-4-18-8-11-14-10(13-3)7-12(15-11)17-6-5-9(2)16-17/h5-7H,4,8H2,1-3H3,(H,13,14,15). The summed E-state index contributed by atoms with van der Waals surface area (Å²) in [4.78, 5) is 8.76. The lowest BCUT2D eigenvalue weighted by Crippen LogP contribution is -2.07. The smallest absolute Gasteiger partial charge is 0.159 e. The fourth-order valence-corrected chi connectivity index (χ4v) is 1.53. The Labute approximate surface area is 106 Å². The molecule has 6 heteroatoms. The van der Waals surface area contributed by atoms with E-state index in [4.69, 9.17) is 4.74 Å². The summed E-state index contributed by atoms with van der Waals surface area (Å²) in [6.07, 6.45) is 1.88. The third kappa shape index (κ3) is 2.84. The monoisotopic (exact) mass is 247 g/mol. The minimum Gasteiger partial charge on any atom is -0.374 e. The van der Waals surface area contributed by atoms with E-state index in [0.29, 0.717) is 19.0 Å². The van der Waals surface area contributed by atoms with Crippen LogP contribution in [0.1, 0.15) is 18.4 Å². The van der Waals surface area contributed by atoms with Crippen LogP contribution in [0.4, 0.5) is 5.82 Å². The van der Waals surface area contributed by atoms with Crippen LogP contribution in [-0.4, -0.2) is 33.4 Å². The molecule has 2 heterocycles. The first-order chi connectivity index (χ1) is 8.72. The van der Waals surface area contributed by atoms with E-state index in [1.165, 1.54) is 0 Å². The maximum atomic E-state index is 5.33. The molecule has 0 fully saturated rings. The number of hydrogen-bond acceptors (Lipinski definition) is 5. The largest absolute Gasteiger partial charge is 0.374 e. The van der Waals surface area contributed by atoms with E-state index in [-0.39, 0.29) is 0 Å². The van der Waals surface area contributed by atoms with Gasteiger partial charge in [-0.15, -0.1) is 0 Å². The molecule has 0 amide bonds. The zero-order valence-corrected chi connectivity index (χ0v) is 10.8. The average molecular weight is 247 g/mol. The van der Waals surface area contributed by atoms with Crippen molar-refractivity contribution in [1.29, 1.82) is 0 Å². The maximum absolute atomic E-state index is 5.33. The van der Waals surface area contributed by atoms with Crippen LogP contribution in [-0.2, 0) is 11.3 Å². The van der Waals surface area contributed by atoms with Gasteiger partial charge in [-0.05, 0) is 19.9 Å². The Morgan fingerprint density at radius 3 is 2.83 bits per heavy atom.